The lowest BCUT2D eigenvalue weighted by Crippen LogP contribution is -2.32. The Morgan fingerprint density at radius 2 is 1.70 bits per heavy atom. The molecule has 0 aliphatic carbocycles. The zero-order valence-corrected chi connectivity index (χ0v) is 18.0. The highest BCUT2D eigenvalue weighted by molar-refractivity contribution is 5.47. The molecule has 1 atom stereocenters. The third-order valence-electron chi connectivity index (χ3n) is 4.75. The molecule has 180 valence electrons. The van der Waals surface area contributed by atoms with Crippen molar-refractivity contribution < 1.29 is 47.7 Å². The van der Waals surface area contributed by atoms with Crippen molar-refractivity contribution in [2.24, 2.45) is 5.92 Å². The van der Waals surface area contributed by atoms with Crippen LogP contribution >= 0.6 is 0 Å². The van der Waals surface area contributed by atoms with Crippen LogP contribution in [0.2, 0.25) is 0 Å². The predicted octanol–water partition coefficient (Wildman–Crippen LogP) is 5.09. The van der Waals surface area contributed by atoms with Crippen LogP contribution < -0.4 is 18.9 Å². The first-order chi connectivity index (χ1) is 24.0. The fraction of sp³-hybridized carbons (Fsp3) is 0.519. The van der Waals surface area contributed by atoms with Crippen molar-refractivity contribution in [3.63, 3.8) is 0 Å². The van der Waals surface area contributed by atoms with Gasteiger partial charge in [-0.2, -0.15) is 5.26 Å². The summed E-state index contributed by atoms with van der Waals surface area (Å²) in [5.74, 6) is -4.75. The lowest BCUT2D eigenvalue weighted by Gasteiger charge is -2.32. The number of likely N-dealkylation sites (N-methyl/N-ethyl adjacent to an activating group) is 1. The second kappa shape index (κ2) is 12.4. The Morgan fingerprint density at radius 3 is 2.36 bits per heavy atom. The van der Waals surface area contributed by atoms with Gasteiger partial charge in [-0.3, -0.25) is 0 Å². The van der Waals surface area contributed by atoms with Gasteiger partial charge in [-0.1, -0.05) is 25.8 Å². The summed E-state index contributed by atoms with van der Waals surface area (Å²) in [6.45, 7) is -16.2. The molecule has 0 N–H and O–H groups in total. The van der Waals surface area contributed by atoms with Gasteiger partial charge in [-0.15, -0.1) is 0 Å². The summed E-state index contributed by atoms with van der Waals surface area (Å²) in [7, 11) is -4.04. The molecule has 0 radical (unpaired) electrons. The van der Waals surface area contributed by atoms with Gasteiger partial charge in [0, 0.05) is 27.1 Å². The van der Waals surface area contributed by atoms with Crippen LogP contribution in [0.5, 0.6) is 23.0 Å². The number of rotatable bonds is 13. The maximum Gasteiger partial charge on any atom is 0.161 e. The van der Waals surface area contributed by atoms with E-state index in [4.69, 9.17) is 45.0 Å². The minimum absolute atomic E-state index is 0.0488. The van der Waals surface area contributed by atoms with Crippen LogP contribution in [0.15, 0.2) is 36.4 Å². The van der Waals surface area contributed by atoms with E-state index in [1.165, 1.54) is 38.5 Å². The molecule has 0 saturated carbocycles. The topological polar surface area (TPSA) is 64.0 Å². The molecule has 0 aliphatic heterocycles. The van der Waals surface area contributed by atoms with Crippen LogP contribution in [0.25, 0.3) is 0 Å². The molecule has 0 aliphatic rings. The molecular formula is C27H38N2O4. The summed E-state index contributed by atoms with van der Waals surface area (Å²) in [5, 5.41) is 10.8. The largest absolute Gasteiger partial charge is 0.493 e. The van der Waals surface area contributed by atoms with E-state index < -0.39 is 88.9 Å². The Balaban J connectivity index is 3.05. The Labute approximate surface area is 228 Å². The van der Waals surface area contributed by atoms with Crippen molar-refractivity contribution in [1.82, 2.24) is 4.90 Å². The molecule has 0 heterocycles. The van der Waals surface area contributed by atoms with E-state index in [0.29, 0.717) is 23.8 Å². The van der Waals surface area contributed by atoms with Gasteiger partial charge in [0.25, 0.3) is 0 Å². The van der Waals surface area contributed by atoms with Gasteiger partial charge < -0.3 is 23.8 Å². The highest BCUT2D eigenvalue weighted by Gasteiger charge is 2.36. The Hall–Kier alpha value is -2.91. The van der Waals surface area contributed by atoms with E-state index in [-0.39, 0.29) is 22.8 Å². The van der Waals surface area contributed by atoms with E-state index in [1.807, 2.05) is 0 Å². The molecule has 0 saturated heterocycles. The zero-order chi connectivity index (χ0) is 42.3. The summed E-state index contributed by atoms with van der Waals surface area (Å²) in [5.41, 5.74) is -4.69. The third-order valence-corrected chi connectivity index (χ3v) is 4.75. The Bertz CT molecular complexity index is 1640. The van der Waals surface area contributed by atoms with Gasteiger partial charge in [0.05, 0.1) is 48.0 Å². The number of hydrogen-bond acceptors (Lipinski definition) is 6. The quantitative estimate of drug-likeness (QED) is 0.402. The monoisotopic (exact) mass is 475 g/mol. The third kappa shape index (κ3) is 6.33. The fourth-order valence-corrected chi connectivity index (χ4v) is 2.91. The zero-order valence-electron chi connectivity index (χ0n) is 39.0. The van der Waals surface area contributed by atoms with Gasteiger partial charge in [-0.25, -0.2) is 0 Å². The normalized spacial score (nSPS) is 25.5. The predicted molar refractivity (Wildman–Crippen MR) is 132 cm³/mol. The first-order valence-corrected chi connectivity index (χ1v) is 9.47. The number of ether oxygens (including phenoxy) is 4. The highest BCUT2D eigenvalue weighted by atomic mass is 16.5. The number of methoxy groups -OCH3 is 4. The van der Waals surface area contributed by atoms with Crippen molar-refractivity contribution in [3.8, 4) is 29.1 Å². The molecule has 6 heteroatoms. The SMILES string of the molecule is [2H]C([2H])([2H])Oc1ccc(C(C#N)(C(C([2H])([2H])[2H])C([2H])([2H])[2H])C([2H])([2H])C([2H])([2H])C([2H])([2H])N(CCc2ccc(OC)c(OC)c2)C([2H])([2H])[2H])cc1OC([2H])([2H])[2H]. The summed E-state index contributed by atoms with van der Waals surface area (Å²) < 4.78 is 192. The first-order valence-electron chi connectivity index (χ1n) is 20.0. The standard InChI is InChI=1S/C27H38N2O4/c1-20(2)27(19-28,22-10-12-24(31-5)26(18-22)33-7)14-8-15-29(3)16-13-21-9-11-23(30-4)25(17-21)32-6/h9-12,17-18,20H,8,13-16H2,1-7H3/i1D3,2D3,3D3,5D3,7D3,8D2,14D2,15D2. The molecule has 0 bridgehead atoms. The Morgan fingerprint density at radius 1 is 1.00 bits per heavy atom. The van der Waals surface area contributed by atoms with Crippen molar-refractivity contribution in [3.05, 3.63) is 47.5 Å². The summed E-state index contributed by atoms with van der Waals surface area (Å²) in [6.07, 6.45) is -9.05. The van der Waals surface area contributed by atoms with Crippen LogP contribution in [0.1, 0.15) is 66.4 Å². The molecule has 0 amide bonds. The van der Waals surface area contributed by atoms with Crippen LogP contribution in [0.4, 0.5) is 0 Å². The molecule has 2 rings (SSSR count). The van der Waals surface area contributed by atoms with Crippen LogP contribution in [0, 0.1) is 17.2 Å². The van der Waals surface area contributed by atoms with Crippen molar-refractivity contribution in [1.29, 1.82) is 5.26 Å². The van der Waals surface area contributed by atoms with Crippen molar-refractivity contribution in [2.75, 3.05) is 48.3 Å². The molecule has 2 aromatic carbocycles. The van der Waals surface area contributed by atoms with E-state index >= 15 is 0 Å². The minimum Gasteiger partial charge on any atom is -0.493 e. The van der Waals surface area contributed by atoms with Crippen LogP contribution in [-0.4, -0.2) is 53.2 Å². The lowest BCUT2D eigenvalue weighted by atomic mass is 9.69. The molecule has 33 heavy (non-hydrogen) atoms. The van der Waals surface area contributed by atoms with Gasteiger partial charge in [0.15, 0.2) is 23.0 Å². The average molecular weight is 476 g/mol. The summed E-state index contributed by atoms with van der Waals surface area (Å²) in [4.78, 5) is -0.0488. The Kier molecular flexibility index (Phi) is 3.52. The number of nitrogens with zero attached hydrogens (tertiary/aromatic N) is 2. The van der Waals surface area contributed by atoms with Gasteiger partial charge >= 0.3 is 0 Å². The molecule has 0 spiro atoms. The van der Waals surface area contributed by atoms with Gasteiger partial charge in [-0.05, 0) is 73.9 Å². The summed E-state index contributed by atoms with van der Waals surface area (Å²) >= 11 is 0. The molecule has 0 fully saturated rings. The maximum absolute atomic E-state index is 10.8. The smallest absolute Gasteiger partial charge is 0.161 e. The van der Waals surface area contributed by atoms with E-state index in [9.17, 15) is 8.00 Å². The van der Waals surface area contributed by atoms with Crippen LogP contribution in [-0.2, 0) is 11.8 Å². The first kappa shape index (κ1) is 9.38. The second-order valence-electron chi connectivity index (χ2n) is 6.67. The minimum atomic E-state index is -4.37. The number of nitriles is 1. The maximum atomic E-state index is 10.8. The van der Waals surface area contributed by atoms with Crippen molar-refractivity contribution in [2.45, 2.75) is 38.3 Å². The molecule has 6 nitrogen and oxygen atoms in total. The van der Waals surface area contributed by atoms with Crippen molar-refractivity contribution >= 4 is 0 Å². The van der Waals surface area contributed by atoms with Crippen LogP contribution in [0.3, 0.4) is 0 Å². The molecular weight excluding hydrogens is 416 g/mol. The molecule has 0 aromatic heterocycles. The average Bonchev–Trinajstić information content (AvgIpc) is 2.96. The van der Waals surface area contributed by atoms with E-state index in [2.05, 4.69) is 0 Å². The second-order valence-corrected chi connectivity index (χ2v) is 6.67. The number of hydrogen-bond donors (Lipinski definition) is 0. The van der Waals surface area contributed by atoms with E-state index in [0.717, 1.165) is 0 Å². The molecule has 1 unspecified atom stereocenters. The summed E-state index contributed by atoms with van der Waals surface area (Å²) in [6, 6.07) is 7.10. The molecule has 2 aromatic rings. The fourth-order valence-electron chi connectivity index (χ4n) is 2.91. The van der Waals surface area contributed by atoms with Gasteiger partial charge in [0.1, 0.15) is 0 Å². The van der Waals surface area contributed by atoms with Gasteiger partial charge in [0.2, 0.25) is 0 Å². The lowest BCUT2D eigenvalue weighted by molar-refractivity contribution is 0.292. The van der Waals surface area contributed by atoms with E-state index in [1.54, 1.807) is 0 Å². The highest BCUT2D eigenvalue weighted by Crippen LogP contribution is 2.40. The number of benzene rings is 2.